The number of anilines is 1. The van der Waals surface area contributed by atoms with Crippen LogP contribution < -0.4 is 10.2 Å². The van der Waals surface area contributed by atoms with Gasteiger partial charge in [0.1, 0.15) is 12.1 Å². The maximum atomic E-state index is 12.2. The number of nitrogens with zero attached hydrogens (tertiary/aromatic N) is 3. The first-order valence-corrected chi connectivity index (χ1v) is 9.71. The van der Waals surface area contributed by atoms with E-state index < -0.39 is 0 Å². The van der Waals surface area contributed by atoms with E-state index in [2.05, 4.69) is 27.1 Å². The zero-order chi connectivity index (χ0) is 16.8. The van der Waals surface area contributed by atoms with E-state index in [-0.39, 0.29) is 5.91 Å². The van der Waals surface area contributed by atoms with Gasteiger partial charge in [-0.25, -0.2) is 9.97 Å². The molecule has 1 aliphatic rings. The number of ether oxygens (including phenoxy) is 1. The van der Waals surface area contributed by atoms with Crippen molar-refractivity contribution in [3.63, 3.8) is 0 Å². The summed E-state index contributed by atoms with van der Waals surface area (Å²) in [6, 6.07) is 5.80. The van der Waals surface area contributed by atoms with E-state index in [1.54, 1.807) is 18.1 Å². The molecule has 2 aromatic heterocycles. The van der Waals surface area contributed by atoms with Gasteiger partial charge in [0.05, 0.1) is 34.5 Å². The third kappa shape index (κ3) is 4.46. The number of thioether (sulfide) groups is 1. The molecule has 3 heterocycles. The summed E-state index contributed by atoms with van der Waals surface area (Å²) in [7, 11) is 0. The van der Waals surface area contributed by atoms with Gasteiger partial charge in [0.15, 0.2) is 0 Å². The first-order chi connectivity index (χ1) is 11.8. The van der Waals surface area contributed by atoms with Crippen molar-refractivity contribution in [2.45, 2.75) is 17.7 Å². The molecule has 8 heteroatoms. The lowest BCUT2D eigenvalue weighted by Gasteiger charge is -2.27. The van der Waals surface area contributed by atoms with Crippen LogP contribution >= 0.6 is 23.1 Å². The molecular weight excluding hydrogens is 344 g/mol. The maximum Gasteiger partial charge on any atom is 0.261 e. The Bertz CT molecular complexity index is 686. The standard InChI is InChI=1S/C16H20N4O2S2/c1-2-23-15-4-3-13(24-15)16(21)17-10-12-9-14(19-11-18-12)20-5-7-22-8-6-20/h3-4,9,11H,2,5-8,10H2,1H3,(H,17,21). The minimum Gasteiger partial charge on any atom is -0.378 e. The van der Waals surface area contributed by atoms with Crippen molar-refractivity contribution in [1.29, 1.82) is 0 Å². The van der Waals surface area contributed by atoms with Crippen LogP contribution in [-0.2, 0) is 11.3 Å². The number of aromatic nitrogens is 2. The highest BCUT2D eigenvalue weighted by Crippen LogP contribution is 2.26. The fraction of sp³-hybridized carbons (Fsp3) is 0.438. The van der Waals surface area contributed by atoms with Crippen molar-refractivity contribution in [2.75, 3.05) is 37.0 Å². The lowest BCUT2D eigenvalue weighted by Crippen LogP contribution is -2.36. The Kier molecular flexibility index (Phi) is 6.06. The highest BCUT2D eigenvalue weighted by Gasteiger charge is 2.14. The molecule has 1 amide bonds. The Labute approximate surface area is 149 Å². The second-order valence-electron chi connectivity index (χ2n) is 5.20. The average molecular weight is 364 g/mol. The largest absolute Gasteiger partial charge is 0.378 e. The Morgan fingerprint density at radius 3 is 3.00 bits per heavy atom. The van der Waals surface area contributed by atoms with Crippen LogP contribution in [0.15, 0.2) is 28.7 Å². The Morgan fingerprint density at radius 2 is 2.21 bits per heavy atom. The summed E-state index contributed by atoms with van der Waals surface area (Å²) in [6.07, 6.45) is 1.55. The SMILES string of the molecule is CCSc1ccc(C(=O)NCc2cc(N3CCOCC3)ncn2)s1. The van der Waals surface area contributed by atoms with Crippen LogP contribution in [0.3, 0.4) is 0 Å². The molecule has 1 fully saturated rings. The molecule has 1 saturated heterocycles. The van der Waals surface area contributed by atoms with E-state index in [1.165, 1.54) is 15.5 Å². The number of hydrogen-bond donors (Lipinski definition) is 1. The number of rotatable bonds is 6. The molecule has 0 saturated carbocycles. The summed E-state index contributed by atoms with van der Waals surface area (Å²) in [5.74, 6) is 1.83. The summed E-state index contributed by atoms with van der Waals surface area (Å²) in [6.45, 7) is 5.59. The summed E-state index contributed by atoms with van der Waals surface area (Å²) < 4.78 is 6.52. The van der Waals surface area contributed by atoms with E-state index >= 15 is 0 Å². The van der Waals surface area contributed by atoms with Crippen molar-refractivity contribution in [3.05, 3.63) is 35.1 Å². The molecule has 0 bridgehead atoms. The van der Waals surface area contributed by atoms with Gasteiger partial charge in [0.2, 0.25) is 0 Å². The van der Waals surface area contributed by atoms with Crippen molar-refractivity contribution < 1.29 is 9.53 Å². The molecule has 2 aromatic rings. The fourth-order valence-corrected chi connectivity index (χ4v) is 4.33. The molecule has 1 aliphatic heterocycles. The third-order valence-electron chi connectivity index (χ3n) is 3.57. The number of nitrogens with one attached hydrogen (secondary N) is 1. The van der Waals surface area contributed by atoms with Crippen molar-refractivity contribution >= 4 is 34.8 Å². The van der Waals surface area contributed by atoms with Crippen molar-refractivity contribution in [1.82, 2.24) is 15.3 Å². The maximum absolute atomic E-state index is 12.2. The molecule has 0 spiro atoms. The van der Waals surface area contributed by atoms with Gasteiger partial charge in [-0.2, -0.15) is 0 Å². The van der Waals surface area contributed by atoms with E-state index in [4.69, 9.17) is 4.74 Å². The number of carbonyl (C=O) groups excluding carboxylic acids is 1. The van der Waals surface area contributed by atoms with E-state index in [0.29, 0.717) is 19.8 Å². The van der Waals surface area contributed by atoms with Crippen LogP contribution in [0.2, 0.25) is 0 Å². The number of amides is 1. The average Bonchev–Trinajstić information content (AvgIpc) is 3.10. The Hall–Kier alpha value is -1.64. The second-order valence-corrected chi connectivity index (χ2v) is 7.85. The molecule has 3 rings (SSSR count). The summed E-state index contributed by atoms with van der Waals surface area (Å²) >= 11 is 3.27. The minimum atomic E-state index is -0.0607. The van der Waals surface area contributed by atoms with Gasteiger partial charge in [-0.15, -0.1) is 23.1 Å². The van der Waals surface area contributed by atoms with Crippen LogP contribution in [0.4, 0.5) is 5.82 Å². The Balaban J connectivity index is 1.58. The molecule has 0 aliphatic carbocycles. The van der Waals surface area contributed by atoms with Crippen LogP contribution in [0.5, 0.6) is 0 Å². The van der Waals surface area contributed by atoms with Crippen LogP contribution in [0, 0.1) is 0 Å². The predicted molar refractivity (Wildman–Crippen MR) is 97.0 cm³/mol. The number of thiophene rings is 1. The smallest absolute Gasteiger partial charge is 0.261 e. The summed E-state index contributed by atoms with van der Waals surface area (Å²) in [5, 5.41) is 2.93. The molecule has 1 N–H and O–H groups in total. The molecule has 0 aromatic carbocycles. The molecule has 0 unspecified atom stereocenters. The highest BCUT2D eigenvalue weighted by atomic mass is 32.2. The third-order valence-corrected chi connectivity index (χ3v) is 5.76. The number of carbonyl (C=O) groups is 1. The van der Waals surface area contributed by atoms with E-state index in [9.17, 15) is 4.79 Å². The Morgan fingerprint density at radius 1 is 1.38 bits per heavy atom. The molecule has 128 valence electrons. The van der Waals surface area contributed by atoms with Gasteiger partial charge in [-0.1, -0.05) is 6.92 Å². The lowest BCUT2D eigenvalue weighted by molar-refractivity contribution is 0.0954. The second kappa shape index (κ2) is 8.46. The molecule has 0 radical (unpaired) electrons. The zero-order valence-electron chi connectivity index (χ0n) is 13.5. The first-order valence-electron chi connectivity index (χ1n) is 7.90. The fourth-order valence-electron chi connectivity index (χ4n) is 2.37. The molecule has 0 atom stereocenters. The van der Waals surface area contributed by atoms with Crippen LogP contribution in [-0.4, -0.2) is 47.9 Å². The van der Waals surface area contributed by atoms with E-state index in [1.807, 2.05) is 18.2 Å². The van der Waals surface area contributed by atoms with Crippen LogP contribution in [0.25, 0.3) is 0 Å². The number of morpholine rings is 1. The zero-order valence-corrected chi connectivity index (χ0v) is 15.2. The minimum absolute atomic E-state index is 0.0607. The van der Waals surface area contributed by atoms with Gasteiger partial charge >= 0.3 is 0 Å². The summed E-state index contributed by atoms with van der Waals surface area (Å²) in [4.78, 5) is 23.7. The summed E-state index contributed by atoms with van der Waals surface area (Å²) in [5.41, 5.74) is 0.805. The van der Waals surface area contributed by atoms with Gasteiger partial charge < -0.3 is 15.0 Å². The monoisotopic (exact) mass is 364 g/mol. The van der Waals surface area contributed by atoms with Crippen LogP contribution in [0.1, 0.15) is 22.3 Å². The molecule has 24 heavy (non-hydrogen) atoms. The normalized spacial score (nSPS) is 14.6. The quantitative estimate of drug-likeness (QED) is 0.794. The topological polar surface area (TPSA) is 67.4 Å². The molecular formula is C16H20N4O2S2. The van der Waals surface area contributed by atoms with Gasteiger partial charge in [-0.3, -0.25) is 4.79 Å². The highest BCUT2D eigenvalue weighted by molar-refractivity contribution is 8.01. The van der Waals surface area contributed by atoms with Gasteiger partial charge in [0, 0.05) is 19.2 Å². The van der Waals surface area contributed by atoms with Gasteiger partial charge in [0.25, 0.3) is 5.91 Å². The van der Waals surface area contributed by atoms with Crippen molar-refractivity contribution in [2.24, 2.45) is 0 Å². The molecule has 6 nitrogen and oxygen atoms in total. The predicted octanol–water partition coefficient (Wildman–Crippen LogP) is 2.42. The van der Waals surface area contributed by atoms with Gasteiger partial charge in [-0.05, 0) is 17.9 Å². The lowest BCUT2D eigenvalue weighted by atomic mass is 10.3. The van der Waals surface area contributed by atoms with E-state index in [0.717, 1.165) is 35.2 Å². The number of hydrogen-bond acceptors (Lipinski definition) is 7. The first kappa shape index (κ1) is 17.2. The van der Waals surface area contributed by atoms with Crippen molar-refractivity contribution in [3.8, 4) is 0 Å².